The molecule has 0 saturated carbocycles. The van der Waals surface area contributed by atoms with Gasteiger partial charge in [-0.2, -0.15) is 0 Å². The van der Waals surface area contributed by atoms with Crippen LogP contribution in [0, 0.1) is 0 Å². The van der Waals surface area contributed by atoms with Crippen molar-refractivity contribution in [3.8, 4) is 0 Å². The normalized spacial score (nSPS) is 9.50. The molecule has 1 aromatic rings. The van der Waals surface area contributed by atoms with Crippen LogP contribution in [0.3, 0.4) is 0 Å². The van der Waals surface area contributed by atoms with Crippen molar-refractivity contribution in [2.24, 2.45) is 0 Å². The summed E-state index contributed by atoms with van der Waals surface area (Å²) in [4.78, 5) is 10.9. The molecule has 1 aromatic carbocycles. The van der Waals surface area contributed by atoms with Gasteiger partial charge in [0.15, 0.2) is 0 Å². The summed E-state index contributed by atoms with van der Waals surface area (Å²) in [6.07, 6.45) is 0.449. The van der Waals surface area contributed by atoms with Crippen LogP contribution in [0.1, 0.15) is 6.42 Å². The molecule has 0 bridgehead atoms. The number of rotatable bonds is 4. The average Bonchev–Trinajstić information content (AvgIpc) is 2.20. The molecule has 0 aliphatic carbocycles. The molecule has 0 heterocycles. The van der Waals surface area contributed by atoms with Gasteiger partial charge < -0.3 is 16.4 Å². The maximum Gasteiger partial charge on any atom is 0.221 e. The van der Waals surface area contributed by atoms with Crippen LogP contribution >= 0.6 is 0 Å². The number of benzene rings is 1. The molecule has 4 nitrogen and oxygen atoms in total. The Morgan fingerprint density at radius 1 is 1.43 bits per heavy atom. The quantitative estimate of drug-likeness (QED) is 0.620. The molecule has 14 heavy (non-hydrogen) atoms. The molecule has 0 unspecified atom stereocenters. The molecule has 0 aliphatic rings. The highest BCUT2D eigenvalue weighted by Gasteiger charge is 1.99. The van der Waals surface area contributed by atoms with Crippen molar-refractivity contribution in [1.29, 1.82) is 0 Å². The molecule has 0 saturated heterocycles. The zero-order chi connectivity index (χ0) is 10.4. The third-order valence-electron chi connectivity index (χ3n) is 1.91. The lowest BCUT2D eigenvalue weighted by molar-refractivity contribution is -0.120. The monoisotopic (exact) mass is 193 g/mol. The van der Waals surface area contributed by atoms with Crippen LogP contribution in [-0.4, -0.2) is 19.5 Å². The zero-order valence-electron chi connectivity index (χ0n) is 8.21. The number of nitrogen functional groups attached to an aromatic ring is 1. The Morgan fingerprint density at radius 2 is 2.14 bits per heavy atom. The van der Waals surface area contributed by atoms with Gasteiger partial charge in [-0.25, -0.2) is 0 Å². The summed E-state index contributed by atoms with van der Waals surface area (Å²) in [6, 6.07) is 7.49. The van der Waals surface area contributed by atoms with E-state index in [2.05, 4.69) is 10.6 Å². The zero-order valence-corrected chi connectivity index (χ0v) is 8.21. The maximum atomic E-state index is 10.9. The van der Waals surface area contributed by atoms with Gasteiger partial charge in [-0.3, -0.25) is 4.79 Å². The van der Waals surface area contributed by atoms with Crippen LogP contribution < -0.4 is 16.4 Å². The van der Waals surface area contributed by atoms with Crippen LogP contribution in [0.5, 0.6) is 0 Å². The van der Waals surface area contributed by atoms with E-state index in [1.165, 1.54) is 0 Å². The van der Waals surface area contributed by atoms with Crippen LogP contribution in [0.2, 0.25) is 0 Å². The van der Waals surface area contributed by atoms with E-state index in [1.54, 1.807) is 7.05 Å². The van der Waals surface area contributed by atoms with Gasteiger partial charge in [0.1, 0.15) is 0 Å². The number of hydrogen-bond acceptors (Lipinski definition) is 3. The van der Waals surface area contributed by atoms with Crippen molar-refractivity contribution in [3.63, 3.8) is 0 Å². The van der Waals surface area contributed by atoms with Crippen molar-refractivity contribution >= 4 is 17.3 Å². The largest absolute Gasteiger partial charge is 0.397 e. The Hall–Kier alpha value is -1.71. The highest BCUT2D eigenvalue weighted by atomic mass is 16.1. The van der Waals surface area contributed by atoms with Crippen LogP contribution in [0.25, 0.3) is 0 Å². The second kappa shape index (κ2) is 5.11. The predicted molar refractivity (Wildman–Crippen MR) is 58.0 cm³/mol. The number of carbonyl (C=O) groups excluding carboxylic acids is 1. The molecule has 0 aliphatic heterocycles. The number of anilines is 2. The lowest BCUT2D eigenvalue weighted by Crippen LogP contribution is -2.20. The molecule has 0 aromatic heterocycles. The lowest BCUT2D eigenvalue weighted by Gasteiger charge is -2.07. The van der Waals surface area contributed by atoms with Crippen LogP contribution in [0.4, 0.5) is 11.4 Å². The Morgan fingerprint density at radius 3 is 2.79 bits per heavy atom. The van der Waals surface area contributed by atoms with E-state index in [9.17, 15) is 4.79 Å². The molecular formula is C10H15N3O. The third-order valence-corrected chi connectivity index (χ3v) is 1.91. The summed E-state index contributed by atoms with van der Waals surface area (Å²) < 4.78 is 0. The third kappa shape index (κ3) is 2.97. The Labute approximate surface area is 83.5 Å². The molecule has 76 valence electrons. The highest BCUT2D eigenvalue weighted by molar-refractivity contribution is 5.76. The lowest BCUT2D eigenvalue weighted by atomic mass is 10.2. The highest BCUT2D eigenvalue weighted by Crippen LogP contribution is 2.16. The van der Waals surface area contributed by atoms with Gasteiger partial charge in [-0.15, -0.1) is 0 Å². The van der Waals surface area contributed by atoms with E-state index in [0.29, 0.717) is 18.7 Å². The molecule has 1 rings (SSSR count). The number of carbonyl (C=O) groups is 1. The van der Waals surface area contributed by atoms with Gasteiger partial charge in [-0.1, -0.05) is 12.1 Å². The summed E-state index contributed by atoms with van der Waals surface area (Å²) in [7, 11) is 1.62. The number of nitrogens with two attached hydrogens (primary N) is 1. The Kier molecular flexibility index (Phi) is 3.79. The summed E-state index contributed by atoms with van der Waals surface area (Å²) in [5.41, 5.74) is 7.28. The smallest absolute Gasteiger partial charge is 0.221 e. The minimum Gasteiger partial charge on any atom is -0.397 e. The van der Waals surface area contributed by atoms with Gasteiger partial charge in [-0.05, 0) is 12.1 Å². The van der Waals surface area contributed by atoms with Crippen molar-refractivity contribution in [2.75, 3.05) is 24.6 Å². The standard InChI is InChI=1S/C10H15N3O/c1-12-10(14)6-7-13-9-5-3-2-4-8(9)11/h2-5,13H,6-7,11H2,1H3,(H,12,14). The Balaban J connectivity index is 2.39. The summed E-state index contributed by atoms with van der Waals surface area (Å²) in [5, 5.41) is 5.65. The minimum atomic E-state index is 0.0204. The van der Waals surface area contributed by atoms with Gasteiger partial charge in [0.05, 0.1) is 11.4 Å². The second-order valence-corrected chi connectivity index (χ2v) is 2.94. The molecule has 0 radical (unpaired) electrons. The van der Waals surface area contributed by atoms with Gasteiger partial charge in [0.25, 0.3) is 0 Å². The van der Waals surface area contributed by atoms with E-state index in [1.807, 2.05) is 24.3 Å². The Bertz CT molecular complexity index is 312. The van der Waals surface area contributed by atoms with Gasteiger partial charge >= 0.3 is 0 Å². The number of nitrogens with one attached hydrogen (secondary N) is 2. The second-order valence-electron chi connectivity index (χ2n) is 2.94. The summed E-state index contributed by atoms with van der Waals surface area (Å²) >= 11 is 0. The van der Waals surface area contributed by atoms with Crippen LogP contribution in [-0.2, 0) is 4.79 Å². The van der Waals surface area contributed by atoms with E-state index in [-0.39, 0.29) is 5.91 Å². The van der Waals surface area contributed by atoms with Crippen molar-refractivity contribution < 1.29 is 4.79 Å². The molecule has 0 spiro atoms. The molecule has 0 fully saturated rings. The van der Waals surface area contributed by atoms with E-state index in [0.717, 1.165) is 5.69 Å². The number of amides is 1. The van der Waals surface area contributed by atoms with Gasteiger partial charge in [0.2, 0.25) is 5.91 Å². The first-order valence-electron chi connectivity index (χ1n) is 4.53. The van der Waals surface area contributed by atoms with E-state index < -0.39 is 0 Å². The maximum absolute atomic E-state index is 10.9. The van der Waals surface area contributed by atoms with Crippen molar-refractivity contribution in [1.82, 2.24) is 5.32 Å². The molecular weight excluding hydrogens is 178 g/mol. The number of hydrogen-bond donors (Lipinski definition) is 3. The molecule has 4 N–H and O–H groups in total. The number of para-hydroxylation sites is 2. The van der Waals surface area contributed by atoms with Crippen molar-refractivity contribution in [3.05, 3.63) is 24.3 Å². The van der Waals surface area contributed by atoms with E-state index >= 15 is 0 Å². The fraction of sp³-hybridized carbons (Fsp3) is 0.300. The molecule has 1 amide bonds. The van der Waals surface area contributed by atoms with E-state index in [4.69, 9.17) is 5.73 Å². The van der Waals surface area contributed by atoms with Crippen molar-refractivity contribution in [2.45, 2.75) is 6.42 Å². The topological polar surface area (TPSA) is 67.2 Å². The first-order chi connectivity index (χ1) is 6.74. The predicted octanol–water partition coefficient (Wildman–Crippen LogP) is 0.817. The SMILES string of the molecule is CNC(=O)CCNc1ccccc1N. The summed E-state index contributed by atoms with van der Waals surface area (Å²) in [5.74, 6) is 0.0204. The fourth-order valence-corrected chi connectivity index (χ4v) is 1.09. The minimum absolute atomic E-state index is 0.0204. The molecule has 4 heteroatoms. The fourth-order valence-electron chi connectivity index (χ4n) is 1.09. The van der Waals surface area contributed by atoms with Gasteiger partial charge in [0, 0.05) is 20.0 Å². The average molecular weight is 193 g/mol. The molecule has 0 atom stereocenters. The van der Waals surface area contributed by atoms with Crippen LogP contribution in [0.15, 0.2) is 24.3 Å². The first-order valence-corrected chi connectivity index (χ1v) is 4.53. The summed E-state index contributed by atoms with van der Waals surface area (Å²) in [6.45, 7) is 0.591. The first kappa shape index (κ1) is 10.4.